The Bertz CT molecular complexity index is 918. The van der Waals surface area contributed by atoms with Crippen molar-refractivity contribution in [3.8, 4) is 0 Å². The lowest BCUT2D eigenvalue weighted by Crippen LogP contribution is -2.30. The van der Waals surface area contributed by atoms with Gasteiger partial charge in [0.05, 0.1) is 0 Å². The molecule has 0 aromatic carbocycles. The van der Waals surface area contributed by atoms with E-state index in [1.165, 1.54) is 167 Å². The highest BCUT2D eigenvalue weighted by Gasteiger charge is 2.19. The summed E-state index contributed by atoms with van der Waals surface area (Å²) in [5.74, 6) is 1.67. The third kappa shape index (κ3) is 44.3. The van der Waals surface area contributed by atoms with E-state index in [0.717, 1.165) is 75.5 Å². The zero-order chi connectivity index (χ0) is 43.4. The van der Waals surface area contributed by atoms with Crippen LogP contribution in [0.25, 0.3) is 0 Å². The van der Waals surface area contributed by atoms with Gasteiger partial charge in [0, 0.05) is 19.3 Å². The van der Waals surface area contributed by atoms with E-state index in [2.05, 4.69) is 41.5 Å². The molecule has 0 rings (SSSR count). The first-order valence-electron chi connectivity index (χ1n) is 26.2. The second-order valence-electron chi connectivity index (χ2n) is 19.1. The van der Waals surface area contributed by atoms with Gasteiger partial charge in [0.25, 0.3) is 0 Å². The van der Waals surface area contributed by atoms with Crippen molar-refractivity contribution in [2.75, 3.05) is 13.2 Å². The van der Waals surface area contributed by atoms with Crippen molar-refractivity contribution in [2.24, 2.45) is 17.8 Å². The largest absolute Gasteiger partial charge is 0.462 e. The maximum Gasteiger partial charge on any atom is 0.306 e. The van der Waals surface area contributed by atoms with Gasteiger partial charge in [0.2, 0.25) is 0 Å². The van der Waals surface area contributed by atoms with Gasteiger partial charge in [-0.25, -0.2) is 0 Å². The molecule has 0 fully saturated rings. The molecule has 0 aliphatic carbocycles. The van der Waals surface area contributed by atoms with Crippen molar-refractivity contribution < 1.29 is 28.6 Å². The first-order valence-corrected chi connectivity index (χ1v) is 26.2. The van der Waals surface area contributed by atoms with Gasteiger partial charge in [0.15, 0.2) is 6.10 Å². The summed E-state index contributed by atoms with van der Waals surface area (Å²) in [6, 6.07) is 0. The molecule has 0 amide bonds. The Morgan fingerprint density at radius 2 is 0.593 bits per heavy atom. The molecule has 0 aromatic rings. The zero-order valence-electron chi connectivity index (χ0n) is 40.5. The van der Waals surface area contributed by atoms with E-state index in [0.29, 0.717) is 19.3 Å². The van der Waals surface area contributed by atoms with Crippen LogP contribution in [0, 0.1) is 17.8 Å². The molecule has 3 atom stereocenters. The number of hydrogen-bond donors (Lipinski definition) is 0. The quantitative estimate of drug-likeness (QED) is 0.0345. The molecule has 0 heterocycles. The third-order valence-electron chi connectivity index (χ3n) is 12.6. The summed E-state index contributed by atoms with van der Waals surface area (Å²) in [4.78, 5) is 37.9. The molecule has 2 unspecified atom stereocenters. The molecule has 59 heavy (non-hydrogen) atoms. The van der Waals surface area contributed by atoms with Gasteiger partial charge in [-0.05, 0) is 37.0 Å². The van der Waals surface area contributed by atoms with Crippen LogP contribution in [0.4, 0.5) is 0 Å². The first kappa shape index (κ1) is 57.4. The lowest BCUT2D eigenvalue weighted by molar-refractivity contribution is -0.167. The summed E-state index contributed by atoms with van der Waals surface area (Å²) >= 11 is 0. The second-order valence-corrected chi connectivity index (χ2v) is 19.1. The van der Waals surface area contributed by atoms with E-state index in [9.17, 15) is 14.4 Å². The van der Waals surface area contributed by atoms with E-state index < -0.39 is 6.10 Å². The molecule has 0 bridgehead atoms. The molecule has 0 saturated carbocycles. The maximum atomic E-state index is 12.8. The predicted octanol–water partition coefficient (Wildman–Crippen LogP) is 16.8. The topological polar surface area (TPSA) is 78.9 Å². The molecular formula is C53H102O6. The zero-order valence-corrected chi connectivity index (χ0v) is 40.5. The van der Waals surface area contributed by atoms with Gasteiger partial charge >= 0.3 is 17.9 Å². The molecule has 0 aromatic heterocycles. The van der Waals surface area contributed by atoms with Crippen molar-refractivity contribution >= 4 is 17.9 Å². The Kier molecular flexibility index (Phi) is 43.3. The van der Waals surface area contributed by atoms with Crippen LogP contribution in [-0.2, 0) is 28.6 Å². The number of unbranched alkanes of at least 4 members (excludes halogenated alkanes) is 27. The number of hydrogen-bond acceptors (Lipinski definition) is 6. The average molecular weight is 835 g/mol. The van der Waals surface area contributed by atoms with Crippen LogP contribution in [0.15, 0.2) is 0 Å². The third-order valence-corrected chi connectivity index (χ3v) is 12.6. The average Bonchev–Trinajstić information content (AvgIpc) is 3.22. The molecular weight excluding hydrogens is 733 g/mol. The van der Waals surface area contributed by atoms with Gasteiger partial charge in [-0.2, -0.15) is 0 Å². The Morgan fingerprint density at radius 3 is 0.881 bits per heavy atom. The van der Waals surface area contributed by atoms with Gasteiger partial charge in [-0.1, -0.05) is 247 Å². The van der Waals surface area contributed by atoms with Crippen LogP contribution < -0.4 is 0 Å². The fraction of sp³-hybridized carbons (Fsp3) is 0.943. The minimum Gasteiger partial charge on any atom is -0.462 e. The van der Waals surface area contributed by atoms with Crippen LogP contribution in [0.2, 0.25) is 0 Å². The monoisotopic (exact) mass is 835 g/mol. The van der Waals surface area contributed by atoms with Crippen molar-refractivity contribution in [1.82, 2.24) is 0 Å². The van der Waals surface area contributed by atoms with Crippen molar-refractivity contribution in [1.29, 1.82) is 0 Å². The summed E-state index contributed by atoms with van der Waals surface area (Å²) in [6.45, 7) is 13.7. The van der Waals surface area contributed by atoms with Crippen LogP contribution in [0.1, 0.15) is 286 Å². The Morgan fingerprint density at radius 1 is 0.339 bits per heavy atom. The minimum atomic E-state index is -0.763. The smallest absolute Gasteiger partial charge is 0.306 e. The molecule has 0 N–H and O–H groups in total. The highest BCUT2D eigenvalue weighted by molar-refractivity contribution is 5.71. The number of ether oxygens (including phenoxy) is 3. The van der Waals surface area contributed by atoms with E-state index >= 15 is 0 Å². The predicted molar refractivity (Wildman–Crippen MR) is 252 cm³/mol. The van der Waals surface area contributed by atoms with Gasteiger partial charge in [-0.3, -0.25) is 14.4 Å². The highest BCUT2D eigenvalue weighted by atomic mass is 16.6. The van der Waals surface area contributed by atoms with E-state index in [1.807, 2.05) is 0 Å². The number of rotatable bonds is 46. The Labute approximate surface area is 368 Å². The molecule has 0 aliphatic rings. The van der Waals surface area contributed by atoms with Crippen molar-refractivity contribution in [3.05, 3.63) is 0 Å². The maximum absolute atomic E-state index is 12.8. The lowest BCUT2D eigenvalue weighted by Gasteiger charge is -2.18. The number of carbonyl (C=O) groups excluding carboxylic acids is 3. The number of esters is 3. The Hall–Kier alpha value is -1.59. The summed E-state index contributed by atoms with van der Waals surface area (Å²) in [5.41, 5.74) is 0. The normalized spacial score (nSPS) is 13.1. The Balaban J connectivity index is 4.26. The van der Waals surface area contributed by atoms with E-state index in [-0.39, 0.29) is 31.1 Å². The second kappa shape index (κ2) is 44.5. The standard InChI is InChI=1S/C53H102O6/c1-7-48(5)40-34-28-21-17-13-11-9-10-12-14-19-23-30-36-42-51(54)57-45-50(46-58-52(55)43-37-31-26-25-27-33-39-47(3)4)59-53(56)44-38-32-24-20-16-15-18-22-29-35-41-49(6)8-2/h47-50H,7-46H2,1-6H3/t48?,49?,50-/m1/s1. The minimum absolute atomic E-state index is 0.0654. The first-order chi connectivity index (χ1) is 28.7. The molecule has 350 valence electrons. The van der Waals surface area contributed by atoms with Gasteiger partial charge in [0.1, 0.15) is 13.2 Å². The molecule has 6 heteroatoms. The van der Waals surface area contributed by atoms with Crippen LogP contribution in [0.3, 0.4) is 0 Å². The SMILES string of the molecule is CCC(C)CCCCCCCCCCCCCCCCC(=O)OC[C@H](COC(=O)CCCCCCCCC(C)C)OC(=O)CCCCCCCCCCCCC(C)CC. The molecule has 0 radical (unpaired) electrons. The number of carbonyl (C=O) groups is 3. The van der Waals surface area contributed by atoms with Crippen LogP contribution in [0.5, 0.6) is 0 Å². The fourth-order valence-corrected chi connectivity index (χ4v) is 7.87. The van der Waals surface area contributed by atoms with Gasteiger partial charge in [-0.15, -0.1) is 0 Å². The van der Waals surface area contributed by atoms with E-state index in [1.54, 1.807) is 0 Å². The summed E-state index contributed by atoms with van der Waals surface area (Å²) in [6.07, 6.45) is 43.8. The van der Waals surface area contributed by atoms with Gasteiger partial charge < -0.3 is 14.2 Å². The van der Waals surface area contributed by atoms with Crippen molar-refractivity contribution in [3.63, 3.8) is 0 Å². The van der Waals surface area contributed by atoms with Crippen LogP contribution >= 0.6 is 0 Å². The molecule has 0 saturated heterocycles. The molecule has 6 nitrogen and oxygen atoms in total. The highest BCUT2D eigenvalue weighted by Crippen LogP contribution is 2.18. The summed E-state index contributed by atoms with van der Waals surface area (Å²) in [5, 5.41) is 0. The van der Waals surface area contributed by atoms with E-state index in [4.69, 9.17) is 14.2 Å². The lowest BCUT2D eigenvalue weighted by atomic mass is 9.99. The van der Waals surface area contributed by atoms with Crippen molar-refractivity contribution in [2.45, 2.75) is 292 Å². The molecule has 0 aliphatic heterocycles. The molecule has 0 spiro atoms. The fourth-order valence-electron chi connectivity index (χ4n) is 7.87. The summed E-state index contributed by atoms with van der Waals surface area (Å²) in [7, 11) is 0. The summed E-state index contributed by atoms with van der Waals surface area (Å²) < 4.78 is 16.8. The van der Waals surface area contributed by atoms with Crippen LogP contribution in [-0.4, -0.2) is 37.2 Å².